The predicted octanol–water partition coefficient (Wildman–Crippen LogP) is 2.13. The van der Waals surface area contributed by atoms with Gasteiger partial charge in [0.15, 0.2) is 5.82 Å². The number of anilines is 1. The van der Waals surface area contributed by atoms with E-state index in [9.17, 15) is 0 Å². The molecule has 126 valence electrons. The maximum atomic E-state index is 6.10. The van der Waals surface area contributed by atoms with Gasteiger partial charge in [-0.15, -0.1) is 5.10 Å². The zero-order valence-electron chi connectivity index (χ0n) is 13.9. The number of hydrogen-bond acceptors (Lipinski definition) is 6. The third-order valence-corrected chi connectivity index (χ3v) is 4.75. The highest BCUT2D eigenvalue weighted by Crippen LogP contribution is 2.37. The van der Waals surface area contributed by atoms with Crippen LogP contribution in [0.2, 0.25) is 0 Å². The van der Waals surface area contributed by atoms with Crippen LogP contribution in [0.5, 0.6) is 0 Å². The molecule has 6 nitrogen and oxygen atoms in total. The second-order valence-corrected chi connectivity index (χ2v) is 6.70. The van der Waals surface area contributed by atoms with Gasteiger partial charge in [0.05, 0.1) is 31.5 Å². The van der Waals surface area contributed by atoms with Crippen LogP contribution in [0.3, 0.4) is 0 Å². The molecule has 0 saturated carbocycles. The average Bonchev–Trinajstić information content (AvgIpc) is 2.60. The Hall–Kier alpha value is -2.05. The third-order valence-electron chi connectivity index (χ3n) is 4.75. The number of ether oxygens (including phenoxy) is 2. The van der Waals surface area contributed by atoms with Crippen LogP contribution in [0.25, 0.3) is 0 Å². The molecule has 1 spiro atoms. The lowest BCUT2D eigenvalue weighted by molar-refractivity contribution is -0.148. The van der Waals surface area contributed by atoms with E-state index in [1.54, 1.807) is 12.4 Å². The molecule has 0 N–H and O–H groups in total. The van der Waals surface area contributed by atoms with E-state index in [2.05, 4.69) is 20.1 Å². The number of aromatic nitrogens is 3. The van der Waals surface area contributed by atoms with Crippen LogP contribution >= 0.6 is 0 Å². The van der Waals surface area contributed by atoms with Gasteiger partial charge >= 0.3 is 0 Å². The summed E-state index contributed by atoms with van der Waals surface area (Å²) in [7, 11) is 0. The van der Waals surface area contributed by atoms with Gasteiger partial charge in [-0.25, -0.2) is 0 Å². The Balaban J connectivity index is 1.32. The van der Waals surface area contributed by atoms with Crippen molar-refractivity contribution >= 4 is 5.82 Å². The Morgan fingerprint density at radius 3 is 2.79 bits per heavy atom. The van der Waals surface area contributed by atoms with Crippen LogP contribution in [0.15, 0.2) is 36.7 Å². The van der Waals surface area contributed by atoms with E-state index >= 15 is 0 Å². The second-order valence-electron chi connectivity index (χ2n) is 6.70. The van der Waals surface area contributed by atoms with Crippen molar-refractivity contribution in [3.63, 3.8) is 0 Å². The highest BCUT2D eigenvalue weighted by molar-refractivity contribution is 5.43. The van der Waals surface area contributed by atoms with Crippen LogP contribution in [-0.2, 0) is 16.1 Å². The summed E-state index contributed by atoms with van der Waals surface area (Å²) in [6, 6.07) is 8.01. The second kappa shape index (κ2) is 6.45. The molecule has 0 amide bonds. The van der Waals surface area contributed by atoms with Crippen molar-refractivity contribution in [3.8, 4) is 0 Å². The summed E-state index contributed by atoms with van der Waals surface area (Å²) >= 11 is 0. The van der Waals surface area contributed by atoms with Crippen LogP contribution in [0, 0.1) is 6.92 Å². The monoisotopic (exact) mass is 326 g/mol. The number of rotatable bonds is 4. The lowest BCUT2D eigenvalue weighted by Crippen LogP contribution is -2.66. The highest BCUT2D eigenvalue weighted by atomic mass is 16.5. The zero-order valence-corrected chi connectivity index (χ0v) is 13.9. The minimum absolute atomic E-state index is 0.0896. The van der Waals surface area contributed by atoms with Crippen LogP contribution in [0.4, 0.5) is 5.82 Å². The topological polar surface area (TPSA) is 60.4 Å². The van der Waals surface area contributed by atoms with Gasteiger partial charge in [-0.1, -0.05) is 0 Å². The SMILES string of the molecule is Cc1ccc(N2CC3(CC(OCc4ccncc4)CCO3)C2)nn1. The molecule has 2 aromatic heterocycles. The van der Waals surface area contributed by atoms with E-state index in [0.29, 0.717) is 6.61 Å². The molecule has 0 aliphatic carbocycles. The summed E-state index contributed by atoms with van der Waals surface area (Å²) in [5.74, 6) is 0.926. The number of aryl methyl sites for hydroxylation is 1. The van der Waals surface area contributed by atoms with Crippen molar-refractivity contribution in [3.05, 3.63) is 47.9 Å². The Labute approximate surface area is 141 Å². The molecular weight excluding hydrogens is 304 g/mol. The summed E-state index contributed by atoms with van der Waals surface area (Å²) in [5, 5.41) is 8.39. The van der Waals surface area contributed by atoms with Crippen molar-refractivity contribution in [2.75, 3.05) is 24.6 Å². The molecule has 6 heteroatoms. The fourth-order valence-corrected chi connectivity index (χ4v) is 3.41. The standard InChI is InChI=1S/C18H22N4O2/c1-14-2-3-17(21-20-14)22-12-18(13-22)10-16(6-9-24-18)23-11-15-4-7-19-8-5-15/h2-5,7-8,16H,6,9-13H2,1H3. The molecule has 4 rings (SSSR count). The lowest BCUT2D eigenvalue weighted by atomic mass is 9.84. The molecule has 2 aromatic rings. The first-order valence-corrected chi connectivity index (χ1v) is 8.42. The molecular formula is C18H22N4O2. The van der Waals surface area contributed by atoms with Crippen molar-refractivity contribution in [2.45, 2.75) is 38.1 Å². The van der Waals surface area contributed by atoms with Gasteiger partial charge in [0.2, 0.25) is 0 Å². The smallest absolute Gasteiger partial charge is 0.151 e. The van der Waals surface area contributed by atoms with Crippen LogP contribution < -0.4 is 4.90 Å². The summed E-state index contributed by atoms with van der Waals surface area (Å²) in [5.41, 5.74) is 2.01. The Morgan fingerprint density at radius 1 is 1.21 bits per heavy atom. The Morgan fingerprint density at radius 2 is 2.04 bits per heavy atom. The molecule has 24 heavy (non-hydrogen) atoms. The maximum Gasteiger partial charge on any atom is 0.151 e. The molecule has 4 heterocycles. The molecule has 0 bridgehead atoms. The van der Waals surface area contributed by atoms with Gasteiger partial charge in [0.1, 0.15) is 5.60 Å². The molecule has 0 radical (unpaired) electrons. The van der Waals surface area contributed by atoms with Gasteiger partial charge in [-0.2, -0.15) is 5.10 Å². The van der Waals surface area contributed by atoms with Crippen molar-refractivity contribution in [1.29, 1.82) is 0 Å². The fraction of sp³-hybridized carbons (Fsp3) is 0.500. The van der Waals surface area contributed by atoms with E-state index in [1.165, 1.54) is 0 Å². The van der Waals surface area contributed by atoms with Crippen LogP contribution in [0.1, 0.15) is 24.1 Å². The van der Waals surface area contributed by atoms with Crippen LogP contribution in [-0.4, -0.2) is 46.6 Å². The summed E-state index contributed by atoms with van der Waals surface area (Å²) in [4.78, 5) is 6.26. The largest absolute Gasteiger partial charge is 0.373 e. The van der Waals surface area contributed by atoms with Gasteiger partial charge in [0, 0.05) is 25.4 Å². The predicted molar refractivity (Wildman–Crippen MR) is 89.7 cm³/mol. The molecule has 1 unspecified atom stereocenters. The van der Waals surface area contributed by atoms with E-state index in [0.717, 1.165) is 49.6 Å². The van der Waals surface area contributed by atoms with Gasteiger partial charge in [-0.05, 0) is 43.2 Å². The quantitative estimate of drug-likeness (QED) is 0.858. The number of hydrogen-bond donors (Lipinski definition) is 0. The Kier molecular flexibility index (Phi) is 4.16. The van der Waals surface area contributed by atoms with E-state index in [-0.39, 0.29) is 11.7 Å². The van der Waals surface area contributed by atoms with Crippen molar-refractivity contribution < 1.29 is 9.47 Å². The summed E-state index contributed by atoms with van der Waals surface area (Å²) < 4.78 is 12.2. The first-order valence-electron chi connectivity index (χ1n) is 8.42. The molecule has 2 fully saturated rings. The lowest BCUT2D eigenvalue weighted by Gasteiger charge is -2.53. The van der Waals surface area contributed by atoms with E-state index in [1.807, 2.05) is 31.2 Å². The fourth-order valence-electron chi connectivity index (χ4n) is 3.41. The van der Waals surface area contributed by atoms with Gasteiger partial charge in [0.25, 0.3) is 0 Å². The number of nitrogens with zero attached hydrogens (tertiary/aromatic N) is 4. The summed E-state index contributed by atoms with van der Waals surface area (Å²) in [6.07, 6.45) is 5.75. The van der Waals surface area contributed by atoms with Gasteiger partial charge < -0.3 is 14.4 Å². The minimum atomic E-state index is -0.0896. The van der Waals surface area contributed by atoms with Crippen molar-refractivity contribution in [2.24, 2.45) is 0 Å². The Bertz CT molecular complexity index is 671. The number of pyridine rings is 1. The van der Waals surface area contributed by atoms with E-state index < -0.39 is 0 Å². The molecule has 0 aromatic carbocycles. The first kappa shape index (κ1) is 15.5. The molecule has 2 aliphatic heterocycles. The minimum Gasteiger partial charge on any atom is -0.373 e. The summed E-state index contributed by atoms with van der Waals surface area (Å²) in [6.45, 7) is 5.06. The molecule has 1 atom stereocenters. The normalized spacial score (nSPS) is 22.4. The zero-order chi connectivity index (χ0) is 16.4. The molecule has 2 aliphatic rings. The van der Waals surface area contributed by atoms with Crippen molar-refractivity contribution in [1.82, 2.24) is 15.2 Å². The molecule has 2 saturated heterocycles. The maximum absolute atomic E-state index is 6.10. The van der Waals surface area contributed by atoms with Gasteiger partial charge in [-0.3, -0.25) is 4.98 Å². The highest BCUT2D eigenvalue weighted by Gasteiger charge is 2.48. The first-order chi connectivity index (χ1) is 11.7. The third kappa shape index (κ3) is 3.25. The van der Waals surface area contributed by atoms with E-state index in [4.69, 9.17) is 9.47 Å². The average molecular weight is 326 g/mol.